The summed E-state index contributed by atoms with van der Waals surface area (Å²) < 4.78 is 1.89. The van der Waals surface area contributed by atoms with Crippen LogP contribution in [0.5, 0.6) is 0 Å². The number of carbonyl (C=O) groups excluding carboxylic acids is 1. The standard InChI is InChI=1S/C14H18N4OS/c19-13(12-8-18-4-5-20-14(18)17-12)16-7-11-10-3-1-2-9(10)6-15-11/h4-5,8-11,15H,1-3,6-7H2,(H,16,19)/t9-,10-,11+/m0/s1. The molecule has 0 unspecified atom stereocenters. The van der Waals surface area contributed by atoms with E-state index in [4.69, 9.17) is 0 Å². The second-order valence-electron chi connectivity index (χ2n) is 5.80. The molecule has 2 aromatic rings. The Kier molecular flexibility index (Phi) is 3.00. The van der Waals surface area contributed by atoms with Crippen LogP contribution in [0.2, 0.25) is 0 Å². The van der Waals surface area contributed by atoms with Gasteiger partial charge in [0.15, 0.2) is 4.96 Å². The molecule has 1 amide bonds. The number of nitrogens with one attached hydrogen (secondary N) is 2. The molecule has 6 heteroatoms. The van der Waals surface area contributed by atoms with E-state index in [9.17, 15) is 4.79 Å². The van der Waals surface area contributed by atoms with Crippen LogP contribution in [0.25, 0.3) is 4.96 Å². The quantitative estimate of drug-likeness (QED) is 0.901. The van der Waals surface area contributed by atoms with Gasteiger partial charge in [0.05, 0.1) is 0 Å². The summed E-state index contributed by atoms with van der Waals surface area (Å²) in [5.41, 5.74) is 0.512. The van der Waals surface area contributed by atoms with Gasteiger partial charge in [0.1, 0.15) is 5.69 Å². The molecule has 2 fully saturated rings. The van der Waals surface area contributed by atoms with Crippen LogP contribution in [0, 0.1) is 11.8 Å². The number of thiazole rings is 1. The Morgan fingerprint density at radius 1 is 1.55 bits per heavy atom. The number of carbonyl (C=O) groups is 1. The predicted molar refractivity (Wildman–Crippen MR) is 78.0 cm³/mol. The summed E-state index contributed by atoms with van der Waals surface area (Å²) in [4.78, 5) is 17.4. The molecule has 2 aliphatic rings. The number of rotatable bonds is 3. The number of nitrogens with zero attached hydrogens (tertiary/aromatic N) is 2. The molecule has 1 aliphatic carbocycles. The van der Waals surface area contributed by atoms with E-state index >= 15 is 0 Å². The van der Waals surface area contributed by atoms with Gasteiger partial charge < -0.3 is 10.6 Å². The molecule has 3 heterocycles. The lowest BCUT2D eigenvalue weighted by Crippen LogP contribution is -2.40. The van der Waals surface area contributed by atoms with Crippen molar-refractivity contribution in [3.63, 3.8) is 0 Å². The fourth-order valence-corrected chi connectivity index (χ4v) is 4.36. The first-order chi connectivity index (χ1) is 9.81. The molecule has 0 spiro atoms. The van der Waals surface area contributed by atoms with Crippen molar-refractivity contribution in [2.24, 2.45) is 11.8 Å². The number of amides is 1. The number of hydrogen-bond acceptors (Lipinski definition) is 4. The molecule has 5 nitrogen and oxygen atoms in total. The molecule has 2 N–H and O–H groups in total. The van der Waals surface area contributed by atoms with Crippen LogP contribution in [0.1, 0.15) is 29.8 Å². The average Bonchev–Trinajstić information content (AvgIpc) is 3.15. The van der Waals surface area contributed by atoms with Gasteiger partial charge in [0.2, 0.25) is 0 Å². The van der Waals surface area contributed by atoms with Crippen LogP contribution in [0.3, 0.4) is 0 Å². The Balaban J connectivity index is 1.39. The zero-order valence-corrected chi connectivity index (χ0v) is 12.0. The van der Waals surface area contributed by atoms with Gasteiger partial charge in [0.25, 0.3) is 5.91 Å². The minimum Gasteiger partial charge on any atom is -0.349 e. The molecule has 0 bridgehead atoms. The first-order valence-electron chi connectivity index (χ1n) is 7.25. The number of imidazole rings is 1. The third-order valence-electron chi connectivity index (χ3n) is 4.69. The highest BCUT2D eigenvalue weighted by atomic mass is 32.1. The number of aromatic nitrogens is 2. The topological polar surface area (TPSA) is 58.4 Å². The van der Waals surface area contributed by atoms with Crippen LogP contribution >= 0.6 is 11.3 Å². The van der Waals surface area contributed by atoms with Crippen molar-refractivity contribution in [3.05, 3.63) is 23.5 Å². The maximum Gasteiger partial charge on any atom is 0.271 e. The molecule has 3 atom stereocenters. The molecule has 2 aromatic heterocycles. The van der Waals surface area contributed by atoms with E-state index in [0.29, 0.717) is 18.3 Å². The molecule has 1 aliphatic heterocycles. The van der Waals surface area contributed by atoms with E-state index in [2.05, 4.69) is 15.6 Å². The van der Waals surface area contributed by atoms with Crippen molar-refractivity contribution in [1.82, 2.24) is 20.0 Å². The van der Waals surface area contributed by atoms with Gasteiger partial charge in [-0.1, -0.05) is 6.42 Å². The van der Waals surface area contributed by atoms with E-state index in [-0.39, 0.29) is 5.91 Å². The zero-order valence-electron chi connectivity index (χ0n) is 11.2. The van der Waals surface area contributed by atoms with Crippen LogP contribution in [-0.4, -0.2) is 34.4 Å². The maximum atomic E-state index is 12.2. The normalized spacial score (nSPS) is 28.9. The first-order valence-corrected chi connectivity index (χ1v) is 8.13. The second kappa shape index (κ2) is 4.86. The van der Waals surface area contributed by atoms with Gasteiger partial charge in [0, 0.05) is 30.4 Å². The van der Waals surface area contributed by atoms with Crippen molar-refractivity contribution < 1.29 is 4.79 Å². The summed E-state index contributed by atoms with van der Waals surface area (Å²) in [6, 6.07) is 0.440. The molecule has 4 rings (SSSR count). The van der Waals surface area contributed by atoms with Crippen molar-refractivity contribution >= 4 is 22.2 Å². The summed E-state index contributed by atoms with van der Waals surface area (Å²) in [7, 11) is 0. The third kappa shape index (κ3) is 2.03. The van der Waals surface area contributed by atoms with Gasteiger partial charge in [-0.05, 0) is 31.2 Å². The fourth-order valence-electron chi connectivity index (χ4n) is 3.66. The Labute approximate surface area is 121 Å². The Morgan fingerprint density at radius 2 is 2.50 bits per heavy atom. The Bertz CT molecular complexity index is 605. The SMILES string of the molecule is O=C(NC[C@H]1NC[C@@H]2CCC[C@@H]21)c1cn2ccsc2n1. The first kappa shape index (κ1) is 12.3. The van der Waals surface area contributed by atoms with Gasteiger partial charge in [-0.25, -0.2) is 4.98 Å². The highest BCUT2D eigenvalue weighted by Crippen LogP contribution is 2.37. The third-order valence-corrected chi connectivity index (χ3v) is 5.46. The lowest BCUT2D eigenvalue weighted by Gasteiger charge is -2.18. The fraction of sp³-hybridized carbons (Fsp3) is 0.571. The van der Waals surface area contributed by atoms with Crippen LogP contribution in [0.15, 0.2) is 17.8 Å². The van der Waals surface area contributed by atoms with Crippen molar-refractivity contribution in [3.8, 4) is 0 Å². The van der Waals surface area contributed by atoms with E-state index in [1.807, 2.05) is 16.0 Å². The maximum absolute atomic E-state index is 12.2. The van der Waals surface area contributed by atoms with Crippen molar-refractivity contribution in [1.29, 1.82) is 0 Å². The summed E-state index contributed by atoms with van der Waals surface area (Å²) in [6.07, 6.45) is 7.71. The number of hydrogen-bond donors (Lipinski definition) is 2. The van der Waals surface area contributed by atoms with E-state index in [1.165, 1.54) is 19.3 Å². The molecule has 0 aromatic carbocycles. The highest BCUT2D eigenvalue weighted by molar-refractivity contribution is 7.15. The molecule has 1 saturated carbocycles. The van der Waals surface area contributed by atoms with Gasteiger partial charge in [-0.15, -0.1) is 11.3 Å². The molecule has 106 valence electrons. The van der Waals surface area contributed by atoms with E-state index in [0.717, 1.165) is 23.3 Å². The van der Waals surface area contributed by atoms with Crippen LogP contribution in [0.4, 0.5) is 0 Å². The highest BCUT2D eigenvalue weighted by Gasteiger charge is 2.38. The summed E-state index contributed by atoms with van der Waals surface area (Å²) in [5, 5.41) is 8.55. The Morgan fingerprint density at radius 3 is 3.40 bits per heavy atom. The van der Waals surface area contributed by atoms with Gasteiger partial charge in [-0.2, -0.15) is 0 Å². The van der Waals surface area contributed by atoms with Crippen LogP contribution < -0.4 is 10.6 Å². The number of fused-ring (bicyclic) bond motifs is 2. The predicted octanol–water partition coefficient (Wildman–Crippen LogP) is 1.51. The smallest absolute Gasteiger partial charge is 0.271 e. The summed E-state index contributed by atoms with van der Waals surface area (Å²) >= 11 is 1.54. The molecule has 1 saturated heterocycles. The lowest BCUT2D eigenvalue weighted by molar-refractivity contribution is 0.0943. The summed E-state index contributed by atoms with van der Waals surface area (Å²) in [5.74, 6) is 1.51. The molecule has 20 heavy (non-hydrogen) atoms. The van der Waals surface area contributed by atoms with E-state index < -0.39 is 0 Å². The summed E-state index contributed by atoms with van der Waals surface area (Å²) in [6.45, 7) is 1.83. The monoisotopic (exact) mass is 290 g/mol. The molecular weight excluding hydrogens is 272 g/mol. The largest absolute Gasteiger partial charge is 0.349 e. The second-order valence-corrected chi connectivity index (χ2v) is 6.67. The Hall–Kier alpha value is -1.40. The van der Waals surface area contributed by atoms with Crippen molar-refractivity contribution in [2.75, 3.05) is 13.1 Å². The molecular formula is C14H18N4OS. The minimum absolute atomic E-state index is 0.0656. The van der Waals surface area contributed by atoms with E-state index in [1.54, 1.807) is 17.5 Å². The van der Waals surface area contributed by atoms with Crippen LogP contribution in [-0.2, 0) is 0 Å². The molecule has 0 radical (unpaired) electrons. The lowest BCUT2D eigenvalue weighted by atomic mass is 9.94. The van der Waals surface area contributed by atoms with Crippen molar-refractivity contribution in [2.45, 2.75) is 25.3 Å². The minimum atomic E-state index is -0.0656. The van der Waals surface area contributed by atoms with Gasteiger partial charge in [-0.3, -0.25) is 9.20 Å². The van der Waals surface area contributed by atoms with Gasteiger partial charge >= 0.3 is 0 Å². The average molecular weight is 290 g/mol. The zero-order chi connectivity index (χ0) is 13.5.